The van der Waals surface area contributed by atoms with Crippen LogP contribution in [0.2, 0.25) is 0 Å². The van der Waals surface area contributed by atoms with E-state index in [1.807, 2.05) is 0 Å². The quantitative estimate of drug-likeness (QED) is 0.800. The standard InChI is InChI=1S/C15H13N3O3S/c1-21-11-4-2-3-10(7-11)17-13(19)8-18-9-16-14-12(15(18)20)5-6-22-14/h2-7,9H,8H2,1H3,(H,17,19). The maximum Gasteiger partial charge on any atom is 0.262 e. The molecule has 1 amide bonds. The van der Waals surface area contributed by atoms with Gasteiger partial charge in [0.05, 0.1) is 18.8 Å². The molecule has 1 aromatic carbocycles. The van der Waals surface area contributed by atoms with Gasteiger partial charge in [0.1, 0.15) is 17.1 Å². The van der Waals surface area contributed by atoms with Gasteiger partial charge >= 0.3 is 0 Å². The third-order valence-corrected chi connectivity index (χ3v) is 3.94. The minimum absolute atomic E-state index is 0.0885. The monoisotopic (exact) mass is 315 g/mol. The number of anilines is 1. The van der Waals surface area contributed by atoms with E-state index in [2.05, 4.69) is 10.3 Å². The number of nitrogens with zero attached hydrogens (tertiary/aromatic N) is 2. The van der Waals surface area contributed by atoms with Gasteiger partial charge in [0.15, 0.2) is 0 Å². The number of rotatable bonds is 4. The van der Waals surface area contributed by atoms with Crippen molar-refractivity contribution in [1.29, 1.82) is 0 Å². The molecule has 0 aliphatic heterocycles. The Bertz CT molecular complexity index is 885. The Kier molecular flexibility index (Phi) is 3.88. The van der Waals surface area contributed by atoms with E-state index in [1.165, 1.54) is 22.2 Å². The number of thiophene rings is 1. The lowest BCUT2D eigenvalue weighted by atomic mass is 10.3. The Morgan fingerprint density at radius 1 is 1.41 bits per heavy atom. The number of fused-ring (bicyclic) bond motifs is 1. The van der Waals surface area contributed by atoms with Crippen LogP contribution >= 0.6 is 11.3 Å². The van der Waals surface area contributed by atoms with Gasteiger partial charge in [-0.2, -0.15) is 0 Å². The molecule has 22 heavy (non-hydrogen) atoms. The maximum absolute atomic E-state index is 12.2. The normalized spacial score (nSPS) is 10.6. The third-order valence-electron chi connectivity index (χ3n) is 3.12. The number of carbonyl (C=O) groups excluding carboxylic acids is 1. The van der Waals surface area contributed by atoms with Crippen molar-refractivity contribution in [3.8, 4) is 5.75 Å². The number of nitrogens with one attached hydrogen (secondary N) is 1. The van der Waals surface area contributed by atoms with Gasteiger partial charge in [0.2, 0.25) is 5.91 Å². The molecule has 0 unspecified atom stereocenters. The second-order valence-electron chi connectivity index (χ2n) is 4.60. The number of hydrogen-bond donors (Lipinski definition) is 1. The summed E-state index contributed by atoms with van der Waals surface area (Å²) in [5, 5.41) is 5.07. The second-order valence-corrected chi connectivity index (χ2v) is 5.49. The summed E-state index contributed by atoms with van der Waals surface area (Å²) in [5.41, 5.74) is 0.397. The molecule has 0 saturated carbocycles. The Balaban J connectivity index is 1.78. The maximum atomic E-state index is 12.2. The molecule has 2 heterocycles. The fourth-order valence-electron chi connectivity index (χ4n) is 2.06. The molecule has 0 fully saturated rings. The number of carbonyl (C=O) groups is 1. The highest BCUT2D eigenvalue weighted by Crippen LogP contribution is 2.17. The van der Waals surface area contributed by atoms with Crippen LogP contribution in [0.25, 0.3) is 10.2 Å². The smallest absolute Gasteiger partial charge is 0.262 e. The molecule has 3 aromatic rings. The van der Waals surface area contributed by atoms with Crippen LogP contribution in [-0.4, -0.2) is 22.6 Å². The predicted molar refractivity (Wildman–Crippen MR) is 85.5 cm³/mol. The van der Waals surface area contributed by atoms with E-state index in [-0.39, 0.29) is 18.0 Å². The highest BCUT2D eigenvalue weighted by molar-refractivity contribution is 7.16. The largest absolute Gasteiger partial charge is 0.497 e. The number of benzene rings is 1. The van der Waals surface area contributed by atoms with Gasteiger partial charge in [-0.3, -0.25) is 14.2 Å². The van der Waals surface area contributed by atoms with Crippen LogP contribution in [-0.2, 0) is 11.3 Å². The van der Waals surface area contributed by atoms with E-state index in [9.17, 15) is 9.59 Å². The van der Waals surface area contributed by atoms with Crippen LogP contribution in [0.1, 0.15) is 0 Å². The number of hydrogen-bond acceptors (Lipinski definition) is 5. The van der Waals surface area contributed by atoms with Gasteiger partial charge in [-0.15, -0.1) is 11.3 Å². The molecule has 0 spiro atoms. The zero-order valence-electron chi connectivity index (χ0n) is 11.8. The van der Waals surface area contributed by atoms with Gasteiger partial charge in [-0.25, -0.2) is 4.98 Å². The zero-order chi connectivity index (χ0) is 15.5. The summed E-state index contributed by atoms with van der Waals surface area (Å²) in [6.45, 7) is -0.0885. The van der Waals surface area contributed by atoms with Crippen LogP contribution in [0.3, 0.4) is 0 Å². The van der Waals surface area contributed by atoms with E-state index in [1.54, 1.807) is 42.8 Å². The highest BCUT2D eigenvalue weighted by atomic mass is 32.1. The summed E-state index contributed by atoms with van der Waals surface area (Å²) in [7, 11) is 1.56. The topological polar surface area (TPSA) is 73.2 Å². The first-order valence-corrected chi connectivity index (χ1v) is 7.42. The molecule has 7 heteroatoms. The van der Waals surface area contributed by atoms with Crippen molar-refractivity contribution in [2.24, 2.45) is 0 Å². The Morgan fingerprint density at radius 2 is 2.27 bits per heavy atom. The Hall–Kier alpha value is -2.67. The van der Waals surface area contributed by atoms with Crippen LogP contribution < -0.4 is 15.6 Å². The number of amides is 1. The summed E-state index contributed by atoms with van der Waals surface area (Å²) in [4.78, 5) is 29.1. The minimum atomic E-state index is -0.299. The summed E-state index contributed by atoms with van der Waals surface area (Å²) in [6.07, 6.45) is 1.40. The first-order valence-electron chi connectivity index (χ1n) is 6.54. The summed E-state index contributed by atoms with van der Waals surface area (Å²) >= 11 is 1.40. The van der Waals surface area contributed by atoms with E-state index < -0.39 is 0 Å². The third kappa shape index (κ3) is 2.84. The van der Waals surface area contributed by atoms with E-state index in [0.29, 0.717) is 21.7 Å². The van der Waals surface area contributed by atoms with Crippen molar-refractivity contribution >= 4 is 33.1 Å². The van der Waals surface area contributed by atoms with Crippen molar-refractivity contribution < 1.29 is 9.53 Å². The van der Waals surface area contributed by atoms with E-state index >= 15 is 0 Å². The second kappa shape index (κ2) is 5.98. The molecule has 0 atom stereocenters. The SMILES string of the molecule is COc1cccc(NC(=O)Cn2cnc3sccc3c2=O)c1. The average molecular weight is 315 g/mol. The molecule has 0 aliphatic rings. The summed E-state index contributed by atoms with van der Waals surface area (Å²) in [6, 6.07) is 8.74. The lowest BCUT2D eigenvalue weighted by molar-refractivity contribution is -0.116. The Labute approximate surface area is 130 Å². The van der Waals surface area contributed by atoms with E-state index in [4.69, 9.17) is 4.74 Å². The molecule has 0 saturated heterocycles. The van der Waals surface area contributed by atoms with Gasteiger partial charge in [-0.05, 0) is 23.6 Å². The van der Waals surface area contributed by atoms with Crippen LogP contribution in [0, 0.1) is 0 Å². The van der Waals surface area contributed by atoms with Crippen LogP contribution in [0.15, 0.2) is 46.8 Å². The zero-order valence-corrected chi connectivity index (χ0v) is 12.6. The number of aromatic nitrogens is 2. The van der Waals surface area contributed by atoms with Crippen molar-refractivity contribution in [1.82, 2.24) is 9.55 Å². The average Bonchev–Trinajstić information content (AvgIpc) is 2.99. The van der Waals surface area contributed by atoms with Gasteiger partial charge in [0, 0.05) is 11.8 Å². The van der Waals surface area contributed by atoms with Gasteiger partial charge in [-0.1, -0.05) is 6.07 Å². The molecule has 1 N–H and O–H groups in total. The van der Waals surface area contributed by atoms with Gasteiger partial charge in [0.25, 0.3) is 5.56 Å². The van der Waals surface area contributed by atoms with Crippen molar-refractivity contribution in [3.63, 3.8) is 0 Å². The molecule has 0 bridgehead atoms. The molecule has 3 rings (SSSR count). The molecule has 112 valence electrons. The Morgan fingerprint density at radius 3 is 3.09 bits per heavy atom. The highest BCUT2D eigenvalue weighted by Gasteiger charge is 2.09. The fraction of sp³-hybridized carbons (Fsp3) is 0.133. The molecule has 0 radical (unpaired) electrons. The fourth-order valence-corrected chi connectivity index (χ4v) is 2.79. The molecule has 2 aromatic heterocycles. The van der Waals surface area contributed by atoms with Crippen LogP contribution in [0.4, 0.5) is 5.69 Å². The number of methoxy groups -OCH3 is 1. The molecular formula is C15H13N3O3S. The summed E-state index contributed by atoms with van der Waals surface area (Å²) in [5.74, 6) is 0.350. The molecule has 0 aliphatic carbocycles. The van der Waals surface area contributed by atoms with Crippen molar-refractivity contribution in [2.45, 2.75) is 6.54 Å². The molecular weight excluding hydrogens is 302 g/mol. The van der Waals surface area contributed by atoms with Crippen molar-refractivity contribution in [3.05, 3.63) is 52.4 Å². The minimum Gasteiger partial charge on any atom is -0.497 e. The number of ether oxygens (including phenoxy) is 1. The van der Waals surface area contributed by atoms with E-state index in [0.717, 1.165) is 0 Å². The predicted octanol–water partition coefficient (Wildman–Crippen LogP) is 2.11. The lowest BCUT2D eigenvalue weighted by Gasteiger charge is -2.08. The molecule has 6 nitrogen and oxygen atoms in total. The summed E-state index contributed by atoms with van der Waals surface area (Å²) < 4.78 is 6.39. The lowest BCUT2D eigenvalue weighted by Crippen LogP contribution is -2.27. The van der Waals surface area contributed by atoms with Crippen molar-refractivity contribution in [2.75, 3.05) is 12.4 Å². The van der Waals surface area contributed by atoms with Crippen LogP contribution in [0.5, 0.6) is 5.75 Å². The first-order chi connectivity index (χ1) is 10.7. The van der Waals surface area contributed by atoms with Gasteiger partial charge < -0.3 is 10.1 Å². The first kappa shape index (κ1) is 14.3.